The van der Waals surface area contributed by atoms with Gasteiger partial charge in [0.1, 0.15) is 12.4 Å². The lowest BCUT2D eigenvalue weighted by atomic mass is 9.81. The van der Waals surface area contributed by atoms with E-state index in [2.05, 4.69) is 36.1 Å². The van der Waals surface area contributed by atoms with Gasteiger partial charge in [0, 0.05) is 37.0 Å². The second-order valence-corrected chi connectivity index (χ2v) is 11.0. The number of carbonyl (C=O) groups excluding carboxylic acids is 2. The summed E-state index contributed by atoms with van der Waals surface area (Å²) in [6.07, 6.45) is 3.91. The number of likely N-dealkylation sites (tertiary alicyclic amines) is 1. The highest BCUT2D eigenvalue weighted by atomic mass is 35.5. The van der Waals surface area contributed by atoms with Gasteiger partial charge in [-0.1, -0.05) is 35.9 Å². The first-order chi connectivity index (χ1) is 18.2. The van der Waals surface area contributed by atoms with Crippen LogP contribution in [-0.4, -0.2) is 52.4 Å². The Morgan fingerprint density at radius 1 is 1.08 bits per heavy atom. The van der Waals surface area contributed by atoms with E-state index in [0.29, 0.717) is 23.8 Å². The maximum atomic E-state index is 11.8. The molecule has 2 amide bonds. The van der Waals surface area contributed by atoms with Gasteiger partial charge in [0.2, 0.25) is 11.8 Å². The molecule has 1 atom stereocenters. The molecule has 0 bridgehead atoms. The van der Waals surface area contributed by atoms with Gasteiger partial charge in [-0.2, -0.15) is 0 Å². The first-order valence-electron chi connectivity index (χ1n) is 13.5. The van der Waals surface area contributed by atoms with Gasteiger partial charge in [-0.15, -0.1) is 0 Å². The summed E-state index contributed by atoms with van der Waals surface area (Å²) < 4.78 is 5.91. The predicted molar refractivity (Wildman–Crippen MR) is 146 cm³/mol. The van der Waals surface area contributed by atoms with Crippen LogP contribution in [-0.2, 0) is 20.9 Å². The number of halogens is 1. The van der Waals surface area contributed by atoms with Crippen LogP contribution in [0.15, 0.2) is 42.5 Å². The predicted octanol–water partition coefficient (Wildman–Crippen LogP) is 5.63. The number of hydrogen-bond donors (Lipinski definition) is 1. The number of carbonyl (C=O) groups is 3. The third kappa shape index (κ3) is 7.14. The van der Waals surface area contributed by atoms with Crippen molar-refractivity contribution in [2.75, 3.05) is 19.7 Å². The Balaban J connectivity index is 1.42. The first kappa shape index (κ1) is 28.1. The fraction of sp³-hybridized carbons (Fsp3) is 0.500. The third-order valence-electron chi connectivity index (χ3n) is 7.94. The molecule has 2 aromatic rings. The zero-order valence-electron chi connectivity index (χ0n) is 22.2. The quantitative estimate of drug-likeness (QED) is 0.372. The van der Waals surface area contributed by atoms with E-state index in [-0.39, 0.29) is 36.9 Å². The molecule has 0 radical (unpaired) electrons. The number of carboxylic acids is 1. The second-order valence-electron chi connectivity index (χ2n) is 10.6. The van der Waals surface area contributed by atoms with Crippen molar-refractivity contribution in [2.45, 2.75) is 65.0 Å². The van der Waals surface area contributed by atoms with Crippen LogP contribution in [0.5, 0.6) is 5.75 Å². The third-order valence-corrected chi connectivity index (χ3v) is 8.19. The molecule has 1 N–H and O–H groups in total. The zero-order valence-corrected chi connectivity index (χ0v) is 23.0. The largest absolute Gasteiger partial charge is 0.491 e. The van der Waals surface area contributed by atoms with Gasteiger partial charge in [0.25, 0.3) is 0 Å². The smallest absolute Gasteiger partial charge is 0.306 e. The van der Waals surface area contributed by atoms with Crippen molar-refractivity contribution in [2.24, 2.45) is 11.8 Å². The summed E-state index contributed by atoms with van der Waals surface area (Å²) in [7, 11) is 0. The number of benzene rings is 2. The van der Waals surface area contributed by atoms with Crippen LogP contribution in [0, 0.1) is 18.8 Å². The number of carboxylic acid groups (broad SMARTS) is 1. The van der Waals surface area contributed by atoms with E-state index in [1.54, 1.807) is 0 Å². The number of hydrogen-bond acceptors (Lipinski definition) is 5. The van der Waals surface area contributed by atoms with Crippen LogP contribution < -0.4 is 4.74 Å². The molecule has 7 nitrogen and oxygen atoms in total. The summed E-state index contributed by atoms with van der Waals surface area (Å²) in [6, 6.07) is 14.3. The Hall–Kier alpha value is -2.90. The van der Waals surface area contributed by atoms with Crippen molar-refractivity contribution in [1.82, 2.24) is 9.80 Å². The molecule has 38 heavy (non-hydrogen) atoms. The summed E-state index contributed by atoms with van der Waals surface area (Å²) >= 11 is 6.13. The van der Waals surface area contributed by atoms with E-state index in [4.69, 9.17) is 16.3 Å². The van der Waals surface area contributed by atoms with Gasteiger partial charge in [-0.25, -0.2) is 0 Å². The van der Waals surface area contributed by atoms with Crippen LogP contribution >= 0.6 is 11.6 Å². The molecule has 0 unspecified atom stereocenters. The Bertz CT molecular complexity index is 1130. The lowest BCUT2D eigenvalue weighted by molar-refractivity contribution is -0.143. The normalized spacial score (nSPS) is 20.7. The number of aliphatic carboxylic acids is 1. The van der Waals surface area contributed by atoms with E-state index in [0.717, 1.165) is 50.1 Å². The highest BCUT2D eigenvalue weighted by Gasteiger charge is 2.29. The molecule has 2 aromatic carbocycles. The van der Waals surface area contributed by atoms with E-state index in [1.165, 1.54) is 16.0 Å². The molecular formula is C30H37ClN2O5. The Morgan fingerprint density at radius 3 is 2.34 bits per heavy atom. The van der Waals surface area contributed by atoms with Gasteiger partial charge in [0.15, 0.2) is 0 Å². The summed E-state index contributed by atoms with van der Waals surface area (Å²) in [5, 5.41) is 10.1. The number of nitrogens with zero attached hydrogens (tertiary/aromatic N) is 2. The highest BCUT2D eigenvalue weighted by molar-refractivity contribution is 6.30. The molecule has 2 aliphatic rings. The average Bonchev–Trinajstić information content (AvgIpc) is 3.22. The molecule has 0 aromatic heterocycles. The van der Waals surface area contributed by atoms with Gasteiger partial charge in [-0.05, 0) is 80.3 Å². The maximum Gasteiger partial charge on any atom is 0.306 e. The topological polar surface area (TPSA) is 87.2 Å². The minimum atomic E-state index is -0.675. The SMILES string of the molecule is Cc1cc(CN(C[C@H]2CC[C@@H](C(=O)O)CC2)[C@@H](C)c2ccc(Cl)cc2)ccc1OCCN1C(=O)CCC1=O. The molecule has 1 aliphatic heterocycles. The number of amides is 2. The molecular weight excluding hydrogens is 504 g/mol. The molecule has 1 aliphatic carbocycles. The van der Waals surface area contributed by atoms with Gasteiger partial charge in [0.05, 0.1) is 12.5 Å². The molecule has 1 saturated carbocycles. The number of rotatable bonds is 11. The van der Waals surface area contributed by atoms with E-state index < -0.39 is 5.97 Å². The number of ether oxygens (including phenoxy) is 1. The molecule has 1 saturated heterocycles. The van der Waals surface area contributed by atoms with Crippen LogP contribution in [0.2, 0.25) is 5.02 Å². The lowest BCUT2D eigenvalue weighted by Crippen LogP contribution is -2.34. The minimum Gasteiger partial charge on any atom is -0.491 e. The van der Waals surface area contributed by atoms with Gasteiger partial charge >= 0.3 is 5.97 Å². The van der Waals surface area contributed by atoms with Crippen LogP contribution in [0.1, 0.15) is 68.2 Å². The standard InChI is InChI=1S/C30H37ClN2O5/c1-20-17-23(5-12-27(20)38-16-15-33-28(34)13-14-29(33)35)19-32(21(2)24-8-10-26(31)11-9-24)18-22-3-6-25(7-4-22)30(36)37/h5,8-12,17,21-22,25H,3-4,6-7,13-16,18-19H2,1-2H3,(H,36,37)/t21-,22-,25+/m0/s1. The monoisotopic (exact) mass is 540 g/mol. The van der Waals surface area contributed by atoms with E-state index in [1.807, 2.05) is 25.1 Å². The maximum absolute atomic E-state index is 11.8. The second kappa shape index (κ2) is 12.8. The van der Waals surface area contributed by atoms with Gasteiger partial charge < -0.3 is 9.84 Å². The number of imide groups is 1. The summed E-state index contributed by atoms with van der Waals surface area (Å²) in [5.74, 6) is 0.0581. The Morgan fingerprint density at radius 2 is 1.74 bits per heavy atom. The van der Waals surface area contributed by atoms with Crippen molar-refractivity contribution in [3.8, 4) is 5.75 Å². The molecule has 8 heteroatoms. The van der Waals surface area contributed by atoms with Crippen molar-refractivity contribution in [3.05, 3.63) is 64.2 Å². The van der Waals surface area contributed by atoms with Crippen molar-refractivity contribution in [3.63, 3.8) is 0 Å². The van der Waals surface area contributed by atoms with Gasteiger partial charge in [-0.3, -0.25) is 24.2 Å². The molecule has 0 spiro atoms. The number of aryl methyl sites for hydroxylation is 1. The molecule has 1 heterocycles. The summed E-state index contributed by atoms with van der Waals surface area (Å²) in [6.45, 7) is 6.40. The lowest BCUT2D eigenvalue weighted by Gasteiger charge is -2.35. The van der Waals surface area contributed by atoms with Crippen LogP contribution in [0.25, 0.3) is 0 Å². The Kier molecular flexibility index (Phi) is 9.44. The van der Waals surface area contributed by atoms with Crippen molar-refractivity contribution in [1.29, 1.82) is 0 Å². The fourth-order valence-electron chi connectivity index (χ4n) is 5.56. The van der Waals surface area contributed by atoms with E-state index >= 15 is 0 Å². The summed E-state index contributed by atoms with van der Waals surface area (Å²) in [4.78, 5) is 38.8. The van der Waals surface area contributed by atoms with E-state index in [9.17, 15) is 19.5 Å². The highest BCUT2D eigenvalue weighted by Crippen LogP contribution is 2.33. The molecule has 4 rings (SSSR count). The summed E-state index contributed by atoms with van der Waals surface area (Å²) in [5.41, 5.74) is 3.36. The minimum absolute atomic E-state index is 0.128. The van der Waals surface area contributed by atoms with Crippen LogP contribution in [0.3, 0.4) is 0 Å². The average molecular weight is 541 g/mol. The molecule has 204 valence electrons. The van der Waals surface area contributed by atoms with Crippen molar-refractivity contribution >= 4 is 29.4 Å². The van der Waals surface area contributed by atoms with Crippen LogP contribution in [0.4, 0.5) is 0 Å². The molecule has 2 fully saturated rings. The van der Waals surface area contributed by atoms with Crippen molar-refractivity contribution < 1.29 is 24.2 Å². The Labute approximate surface area is 229 Å². The first-order valence-corrected chi connectivity index (χ1v) is 13.9. The fourth-order valence-corrected chi connectivity index (χ4v) is 5.69. The zero-order chi connectivity index (χ0) is 27.2.